The van der Waals surface area contributed by atoms with E-state index in [-0.39, 0.29) is 0 Å². The van der Waals surface area contributed by atoms with Crippen LogP contribution >= 0.6 is 11.6 Å². The summed E-state index contributed by atoms with van der Waals surface area (Å²) in [6.45, 7) is 0.905. The molecule has 0 rings (SSSR count). The summed E-state index contributed by atoms with van der Waals surface area (Å²) in [6.07, 6.45) is -6.07. The monoisotopic (exact) mass is 162 g/mol. The molecule has 56 valence electrons. The molecule has 1 unspecified atom stereocenters. The third-order valence-corrected chi connectivity index (χ3v) is 0.900. The Morgan fingerprint density at radius 2 is 2.00 bits per heavy atom. The second-order valence-electron chi connectivity index (χ2n) is 1.46. The van der Waals surface area contributed by atoms with Crippen LogP contribution < -0.4 is 0 Å². The molecule has 0 aliphatic carbocycles. The first kappa shape index (κ1) is 9.04. The van der Waals surface area contributed by atoms with Gasteiger partial charge in [-0.05, 0) is 6.92 Å². The fourth-order valence-corrected chi connectivity index (χ4v) is 0.378. The Kier molecular flexibility index (Phi) is 3.28. The molecular weight excluding hydrogens is 156 g/mol. The van der Waals surface area contributed by atoms with E-state index in [0.717, 1.165) is 6.92 Å². The first-order chi connectivity index (χ1) is 3.98. The summed E-state index contributed by atoms with van der Waals surface area (Å²) in [6, 6.07) is -0.430. The number of rotatable bonds is 2. The van der Waals surface area contributed by atoms with Crippen molar-refractivity contribution in [3.63, 3.8) is 0 Å². The molecule has 0 bridgehead atoms. The van der Waals surface area contributed by atoms with Crippen LogP contribution in [-0.2, 0) is 4.74 Å². The second kappa shape index (κ2) is 3.27. The van der Waals surface area contributed by atoms with Crippen molar-refractivity contribution >= 4 is 11.6 Å². The largest absolute Gasteiger partial charge is 0.414 e. The Bertz CT molecular complexity index is 82.4. The van der Waals surface area contributed by atoms with Crippen molar-refractivity contribution in [2.24, 2.45) is 0 Å². The Labute approximate surface area is 55.7 Å². The molecule has 0 N–H and O–H groups in total. The van der Waals surface area contributed by atoms with E-state index in [1.54, 1.807) is 0 Å². The van der Waals surface area contributed by atoms with Gasteiger partial charge in [0.1, 0.15) is 6.07 Å². The molecular formula is C4H6ClF3O. The number of hydrogen-bond acceptors (Lipinski definition) is 1. The van der Waals surface area contributed by atoms with Gasteiger partial charge in [-0.25, -0.2) is 0 Å². The minimum absolute atomic E-state index is 0.430. The molecule has 0 aromatic heterocycles. The van der Waals surface area contributed by atoms with E-state index in [1.165, 1.54) is 0 Å². The SMILES string of the molecule is CC(OCCl)C(F)(F)F. The average Bonchev–Trinajstić information content (AvgIpc) is 1.64. The molecule has 0 saturated carbocycles. The lowest BCUT2D eigenvalue weighted by atomic mass is 10.4. The predicted octanol–water partition coefficient (Wildman–Crippen LogP) is 2.15. The summed E-state index contributed by atoms with van der Waals surface area (Å²) in [5.74, 6) is 0. The molecule has 0 fully saturated rings. The molecule has 9 heavy (non-hydrogen) atoms. The van der Waals surface area contributed by atoms with Crippen molar-refractivity contribution in [2.75, 3.05) is 6.07 Å². The third-order valence-electron chi connectivity index (χ3n) is 0.774. The predicted molar refractivity (Wildman–Crippen MR) is 27.3 cm³/mol. The van der Waals surface area contributed by atoms with Crippen molar-refractivity contribution in [1.29, 1.82) is 0 Å². The third kappa shape index (κ3) is 3.59. The summed E-state index contributed by atoms with van der Waals surface area (Å²) < 4.78 is 38.4. The van der Waals surface area contributed by atoms with Gasteiger partial charge in [0.25, 0.3) is 0 Å². The maximum absolute atomic E-state index is 11.5. The van der Waals surface area contributed by atoms with Gasteiger partial charge >= 0.3 is 6.18 Å². The van der Waals surface area contributed by atoms with E-state index < -0.39 is 18.3 Å². The van der Waals surface area contributed by atoms with Crippen LogP contribution in [0, 0.1) is 0 Å². The minimum Gasteiger partial charge on any atom is -0.353 e. The van der Waals surface area contributed by atoms with Gasteiger partial charge in [-0.1, -0.05) is 11.6 Å². The molecule has 0 radical (unpaired) electrons. The molecule has 1 nitrogen and oxygen atoms in total. The number of ether oxygens (including phenoxy) is 1. The molecule has 1 atom stereocenters. The van der Waals surface area contributed by atoms with Gasteiger partial charge in [0.05, 0.1) is 0 Å². The van der Waals surface area contributed by atoms with Crippen LogP contribution in [0.3, 0.4) is 0 Å². The standard InChI is InChI=1S/C4H6ClF3O/c1-3(9-2-5)4(6,7)8/h3H,2H2,1H3. The van der Waals surface area contributed by atoms with E-state index in [1.807, 2.05) is 0 Å². The van der Waals surface area contributed by atoms with Crippen molar-refractivity contribution in [3.05, 3.63) is 0 Å². The van der Waals surface area contributed by atoms with E-state index in [4.69, 9.17) is 11.6 Å². The van der Waals surface area contributed by atoms with Crippen molar-refractivity contribution in [3.8, 4) is 0 Å². The Balaban J connectivity index is 3.59. The summed E-state index contributed by atoms with van der Waals surface area (Å²) in [7, 11) is 0. The van der Waals surface area contributed by atoms with E-state index in [9.17, 15) is 13.2 Å². The normalized spacial score (nSPS) is 15.7. The summed E-state index contributed by atoms with van der Waals surface area (Å²) in [5, 5.41) is 0. The zero-order valence-electron chi connectivity index (χ0n) is 4.70. The van der Waals surface area contributed by atoms with Crippen molar-refractivity contribution in [2.45, 2.75) is 19.2 Å². The minimum atomic E-state index is -4.30. The molecule has 0 heterocycles. The molecule has 0 aliphatic heterocycles. The first-order valence-electron chi connectivity index (χ1n) is 2.22. The van der Waals surface area contributed by atoms with Crippen LogP contribution in [0.4, 0.5) is 13.2 Å². The van der Waals surface area contributed by atoms with Gasteiger partial charge in [0, 0.05) is 0 Å². The zero-order chi connectivity index (χ0) is 7.49. The van der Waals surface area contributed by atoms with Crippen molar-refractivity contribution in [1.82, 2.24) is 0 Å². The van der Waals surface area contributed by atoms with Crippen LogP contribution in [0.1, 0.15) is 6.92 Å². The molecule has 0 saturated heterocycles. The molecule has 0 amide bonds. The fraction of sp³-hybridized carbons (Fsp3) is 1.00. The van der Waals surface area contributed by atoms with Crippen LogP contribution in [0.15, 0.2) is 0 Å². The lowest BCUT2D eigenvalue weighted by Gasteiger charge is -2.13. The average molecular weight is 163 g/mol. The quantitative estimate of drug-likeness (QED) is 0.566. The van der Waals surface area contributed by atoms with E-state index in [0.29, 0.717) is 0 Å². The lowest BCUT2D eigenvalue weighted by molar-refractivity contribution is -0.208. The van der Waals surface area contributed by atoms with Gasteiger partial charge in [-0.15, -0.1) is 0 Å². The number of hydrogen-bond donors (Lipinski definition) is 0. The van der Waals surface area contributed by atoms with Gasteiger partial charge in [0.15, 0.2) is 6.10 Å². The highest BCUT2D eigenvalue weighted by atomic mass is 35.5. The van der Waals surface area contributed by atoms with Gasteiger partial charge in [-0.3, -0.25) is 0 Å². The van der Waals surface area contributed by atoms with Crippen LogP contribution in [0.2, 0.25) is 0 Å². The van der Waals surface area contributed by atoms with Gasteiger partial charge < -0.3 is 4.74 Å². The highest BCUT2D eigenvalue weighted by Gasteiger charge is 2.36. The molecule has 0 spiro atoms. The van der Waals surface area contributed by atoms with Crippen LogP contribution in [-0.4, -0.2) is 18.3 Å². The highest BCUT2D eigenvalue weighted by Crippen LogP contribution is 2.22. The first-order valence-corrected chi connectivity index (χ1v) is 2.76. The zero-order valence-corrected chi connectivity index (χ0v) is 5.46. The highest BCUT2D eigenvalue weighted by molar-refractivity contribution is 6.17. The van der Waals surface area contributed by atoms with E-state index in [2.05, 4.69) is 4.74 Å². The molecule has 0 aromatic rings. The van der Waals surface area contributed by atoms with Gasteiger partial charge in [0.2, 0.25) is 0 Å². The summed E-state index contributed by atoms with van der Waals surface area (Å²) >= 11 is 4.88. The lowest BCUT2D eigenvalue weighted by Crippen LogP contribution is -2.27. The topological polar surface area (TPSA) is 9.23 Å². The Morgan fingerprint density at radius 1 is 1.56 bits per heavy atom. The Morgan fingerprint density at radius 3 is 2.11 bits per heavy atom. The van der Waals surface area contributed by atoms with Crippen LogP contribution in [0.5, 0.6) is 0 Å². The number of halogens is 4. The maximum Gasteiger partial charge on any atom is 0.414 e. The molecule has 5 heteroatoms. The van der Waals surface area contributed by atoms with Gasteiger partial charge in [-0.2, -0.15) is 13.2 Å². The molecule has 0 aromatic carbocycles. The van der Waals surface area contributed by atoms with Crippen LogP contribution in [0.25, 0.3) is 0 Å². The number of alkyl halides is 4. The fourth-order valence-electron chi connectivity index (χ4n) is 0.189. The summed E-state index contributed by atoms with van der Waals surface area (Å²) in [4.78, 5) is 0. The molecule has 0 aliphatic rings. The summed E-state index contributed by atoms with van der Waals surface area (Å²) in [5.41, 5.74) is 0. The Hall–Kier alpha value is 0.0400. The smallest absolute Gasteiger partial charge is 0.353 e. The second-order valence-corrected chi connectivity index (χ2v) is 1.68. The maximum atomic E-state index is 11.5. The van der Waals surface area contributed by atoms with E-state index >= 15 is 0 Å². The van der Waals surface area contributed by atoms with Crippen molar-refractivity contribution < 1.29 is 17.9 Å².